The van der Waals surface area contributed by atoms with Crippen molar-refractivity contribution in [3.05, 3.63) is 77.6 Å². The largest absolute Gasteiger partial charge is 0.299 e. The Morgan fingerprint density at radius 3 is 2.06 bits per heavy atom. The Labute approximate surface area is 99.2 Å². The third kappa shape index (κ3) is 2.67. The van der Waals surface area contributed by atoms with E-state index in [4.69, 9.17) is 0 Å². The average molecular weight is 226 g/mol. The molecule has 2 rings (SSSR count). The fourth-order valence-corrected chi connectivity index (χ4v) is 1.67. The number of carbonyl (C=O) groups excluding carboxylic acids is 1. The molecule has 0 atom stereocenters. The van der Waals surface area contributed by atoms with Gasteiger partial charge in [-0.15, -0.1) is 0 Å². The second-order valence-electron chi connectivity index (χ2n) is 3.59. The number of benzene rings is 2. The first-order valence-electron chi connectivity index (χ1n) is 5.28. The van der Waals surface area contributed by atoms with E-state index in [1.807, 2.05) is 30.3 Å². The SMILES string of the molecule is O=C/C=C(\c1ccccc1)c1ccc(F)cc1. The van der Waals surface area contributed by atoms with Gasteiger partial charge in [0.15, 0.2) is 0 Å². The van der Waals surface area contributed by atoms with Crippen molar-refractivity contribution in [3.8, 4) is 0 Å². The van der Waals surface area contributed by atoms with E-state index >= 15 is 0 Å². The van der Waals surface area contributed by atoms with Gasteiger partial charge in [-0.25, -0.2) is 4.39 Å². The molecule has 0 N–H and O–H groups in total. The van der Waals surface area contributed by atoms with E-state index in [1.54, 1.807) is 12.1 Å². The van der Waals surface area contributed by atoms with E-state index in [-0.39, 0.29) is 5.82 Å². The summed E-state index contributed by atoms with van der Waals surface area (Å²) < 4.78 is 12.8. The Hall–Kier alpha value is -2.22. The average Bonchev–Trinajstić information content (AvgIpc) is 2.38. The van der Waals surface area contributed by atoms with Crippen molar-refractivity contribution in [3.63, 3.8) is 0 Å². The molecule has 0 fully saturated rings. The maximum absolute atomic E-state index is 12.8. The lowest BCUT2D eigenvalue weighted by Crippen LogP contribution is -1.88. The predicted octanol–water partition coefficient (Wildman–Crippen LogP) is 3.46. The number of rotatable bonds is 3. The minimum absolute atomic E-state index is 0.285. The zero-order valence-corrected chi connectivity index (χ0v) is 9.14. The molecule has 0 amide bonds. The Morgan fingerprint density at radius 1 is 0.882 bits per heavy atom. The Balaban J connectivity index is 2.47. The molecule has 0 unspecified atom stereocenters. The van der Waals surface area contributed by atoms with Gasteiger partial charge in [-0.05, 0) is 34.9 Å². The van der Waals surface area contributed by atoms with Gasteiger partial charge in [-0.2, -0.15) is 0 Å². The molecule has 0 saturated heterocycles. The second kappa shape index (κ2) is 5.21. The molecule has 0 aliphatic heterocycles. The van der Waals surface area contributed by atoms with Crippen molar-refractivity contribution in [2.24, 2.45) is 0 Å². The van der Waals surface area contributed by atoms with E-state index < -0.39 is 0 Å². The van der Waals surface area contributed by atoms with Gasteiger partial charge in [-0.3, -0.25) is 4.79 Å². The molecule has 2 aromatic rings. The van der Waals surface area contributed by atoms with Crippen molar-refractivity contribution in [2.45, 2.75) is 0 Å². The van der Waals surface area contributed by atoms with Crippen LogP contribution in [0.5, 0.6) is 0 Å². The zero-order chi connectivity index (χ0) is 12.1. The minimum atomic E-state index is -0.285. The topological polar surface area (TPSA) is 17.1 Å². The normalized spacial score (nSPS) is 11.2. The molecule has 0 heterocycles. The standard InChI is InChI=1S/C15H11FO/c16-14-8-6-13(7-9-14)15(10-11-17)12-4-2-1-3-5-12/h1-11H/b15-10+. The van der Waals surface area contributed by atoms with Gasteiger partial charge >= 0.3 is 0 Å². The lowest BCUT2D eigenvalue weighted by molar-refractivity contribution is -0.104. The fraction of sp³-hybridized carbons (Fsp3) is 0. The summed E-state index contributed by atoms with van der Waals surface area (Å²) in [7, 11) is 0. The van der Waals surface area contributed by atoms with Crippen LogP contribution >= 0.6 is 0 Å². The summed E-state index contributed by atoms with van der Waals surface area (Å²) in [6.45, 7) is 0. The predicted molar refractivity (Wildman–Crippen MR) is 66.0 cm³/mol. The summed E-state index contributed by atoms with van der Waals surface area (Å²) in [6, 6.07) is 15.6. The van der Waals surface area contributed by atoms with Crippen LogP contribution < -0.4 is 0 Å². The van der Waals surface area contributed by atoms with E-state index in [9.17, 15) is 9.18 Å². The molecule has 0 saturated carbocycles. The first-order valence-corrected chi connectivity index (χ1v) is 5.28. The van der Waals surface area contributed by atoms with Crippen LogP contribution in [0, 0.1) is 5.82 Å². The fourth-order valence-electron chi connectivity index (χ4n) is 1.67. The molecule has 0 bridgehead atoms. The van der Waals surface area contributed by atoms with Crippen LogP contribution in [0.25, 0.3) is 5.57 Å². The van der Waals surface area contributed by atoms with E-state index in [0.717, 1.165) is 23.0 Å². The Kier molecular flexibility index (Phi) is 3.46. The number of hydrogen-bond acceptors (Lipinski definition) is 1. The first-order chi connectivity index (χ1) is 8.31. The van der Waals surface area contributed by atoms with Crippen LogP contribution in [-0.2, 0) is 4.79 Å². The number of aldehydes is 1. The molecule has 2 aromatic carbocycles. The molecule has 84 valence electrons. The van der Waals surface area contributed by atoms with Crippen LogP contribution in [0.2, 0.25) is 0 Å². The highest BCUT2D eigenvalue weighted by Gasteiger charge is 2.04. The summed E-state index contributed by atoms with van der Waals surface area (Å²) in [5.41, 5.74) is 2.55. The van der Waals surface area contributed by atoms with Crippen molar-refractivity contribution in [1.29, 1.82) is 0 Å². The monoisotopic (exact) mass is 226 g/mol. The molecule has 0 spiro atoms. The summed E-state index contributed by atoms with van der Waals surface area (Å²) in [4.78, 5) is 10.7. The summed E-state index contributed by atoms with van der Waals surface area (Å²) >= 11 is 0. The smallest absolute Gasteiger partial charge is 0.143 e. The second-order valence-corrected chi connectivity index (χ2v) is 3.59. The number of hydrogen-bond donors (Lipinski definition) is 0. The quantitative estimate of drug-likeness (QED) is 0.578. The molecule has 17 heavy (non-hydrogen) atoms. The van der Waals surface area contributed by atoms with Crippen molar-refractivity contribution < 1.29 is 9.18 Å². The van der Waals surface area contributed by atoms with Crippen LogP contribution in [-0.4, -0.2) is 6.29 Å². The van der Waals surface area contributed by atoms with E-state index in [1.165, 1.54) is 18.2 Å². The molecule has 0 aliphatic carbocycles. The minimum Gasteiger partial charge on any atom is -0.299 e. The van der Waals surface area contributed by atoms with E-state index in [0.29, 0.717) is 0 Å². The lowest BCUT2D eigenvalue weighted by atomic mass is 9.98. The molecule has 1 nitrogen and oxygen atoms in total. The molecule has 0 radical (unpaired) electrons. The number of allylic oxidation sites excluding steroid dienone is 1. The third-order valence-electron chi connectivity index (χ3n) is 2.47. The highest BCUT2D eigenvalue weighted by molar-refractivity contribution is 5.89. The Morgan fingerprint density at radius 2 is 1.47 bits per heavy atom. The molecular weight excluding hydrogens is 215 g/mol. The van der Waals surface area contributed by atoms with Crippen molar-refractivity contribution in [2.75, 3.05) is 0 Å². The summed E-state index contributed by atoms with van der Waals surface area (Å²) in [5, 5.41) is 0. The number of halogens is 1. The van der Waals surface area contributed by atoms with Gasteiger partial charge in [0.2, 0.25) is 0 Å². The number of carbonyl (C=O) groups is 1. The summed E-state index contributed by atoms with van der Waals surface area (Å²) in [6.07, 6.45) is 2.23. The maximum atomic E-state index is 12.8. The van der Waals surface area contributed by atoms with Gasteiger partial charge in [0.05, 0.1) is 0 Å². The van der Waals surface area contributed by atoms with Crippen LogP contribution in [0.15, 0.2) is 60.7 Å². The molecule has 2 heteroatoms. The van der Waals surface area contributed by atoms with E-state index in [2.05, 4.69) is 0 Å². The van der Waals surface area contributed by atoms with Crippen LogP contribution in [0.1, 0.15) is 11.1 Å². The molecule has 0 aromatic heterocycles. The van der Waals surface area contributed by atoms with Crippen LogP contribution in [0.3, 0.4) is 0 Å². The van der Waals surface area contributed by atoms with Crippen molar-refractivity contribution >= 4 is 11.9 Å². The van der Waals surface area contributed by atoms with Gasteiger partial charge in [0.25, 0.3) is 0 Å². The van der Waals surface area contributed by atoms with Gasteiger partial charge in [0.1, 0.15) is 12.1 Å². The third-order valence-corrected chi connectivity index (χ3v) is 2.47. The van der Waals surface area contributed by atoms with Crippen molar-refractivity contribution in [1.82, 2.24) is 0 Å². The highest BCUT2D eigenvalue weighted by Crippen LogP contribution is 2.22. The maximum Gasteiger partial charge on any atom is 0.143 e. The van der Waals surface area contributed by atoms with Gasteiger partial charge in [-0.1, -0.05) is 42.5 Å². The van der Waals surface area contributed by atoms with Gasteiger partial charge < -0.3 is 0 Å². The molecule has 0 aliphatic rings. The molecular formula is C15H11FO. The zero-order valence-electron chi connectivity index (χ0n) is 9.14. The highest BCUT2D eigenvalue weighted by atomic mass is 19.1. The van der Waals surface area contributed by atoms with Crippen LogP contribution in [0.4, 0.5) is 4.39 Å². The van der Waals surface area contributed by atoms with Gasteiger partial charge in [0, 0.05) is 0 Å². The first kappa shape index (κ1) is 11.3. The summed E-state index contributed by atoms with van der Waals surface area (Å²) in [5.74, 6) is -0.285. The Bertz CT molecular complexity index is 527. The lowest BCUT2D eigenvalue weighted by Gasteiger charge is -2.06.